The SMILES string of the molecule is COc1ccc(NC(=O)CCc2nc(-c3cccs3)no2)cc1S(N)(=O)=O. The first kappa shape index (κ1) is 19.0. The summed E-state index contributed by atoms with van der Waals surface area (Å²) < 4.78 is 33.3. The van der Waals surface area contributed by atoms with Gasteiger partial charge >= 0.3 is 0 Å². The van der Waals surface area contributed by atoms with Crippen LogP contribution in [0.15, 0.2) is 45.1 Å². The molecule has 0 saturated heterocycles. The van der Waals surface area contributed by atoms with Gasteiger partial charge in [0, 0.05) is 18.5 Å². The second kappa shape index (κ2) is 7.86. The molecule has 11 heteroatoms. The maximum Gasteiger partial charge on any atom is 0.241 e. The molecule has 0 radical (unpaired) electrons. The second-order valence-corrected chi connectivity index (χ2v) is 7.93. The number of benzene rings is 1. The average molecular weight is 408 g/mol. The van der Waals surface area contributed by atoms with Gasteiger partial charge in [0.2, 0.25) is 27.6 Å². The molecule has 0 bridgehead atoms. The summed E-state index contributed by atoms with van der Waals surface area (Å²) in [6.07, 6.45) is 0.339. The minimum Gasteiger partial charge on any atom is -0.495 e. The molecule has 1 aromatic carbocycles. The molecule has 1 amide bonds. The summed E-state index contributed by atoms with van der Waals surface area (Å²) in [6.45, 7) is 0. The smallest absolute Gasteiger partial charge is 0.241 e. The Morgan fingerprint density at radius 1 is 1.37 bits per heavy atom. The summed E-state index contributed by atoms with van der Waals surface area (Å²) in [4.78, 5) is 17.0. The van der Waals surface area contributed by atoms with Gasteiger partial charge in [0.05, 0.1) is 12.0 Å². The third-order valence-electron chi connectivity index (χ3n) is 3.53. The number of ether oxygens (including phenoxy) is 1. The Kier molecular flexibility index (Phi) is 5.54. The van der Waals surface area contributed by atoms with Crippen molar-refractivity contribution in [3.8, 4) is 16.5 Å². The number of hydrogen-bond donors (Lipinski definition) is 2. The number of hydrogen-bond acceptors (Lipinski definition) is 8. The van der Waals surface area contributed by atoms with Crippen LogP contribution < -0.4 is 15.2 Å². The molecule has 0 atom stereocenters. The molecule has 2 heterocycles. The predicted molar refractivity (Wildman–Crippen MR) is 98.9 cm³/mol. The third kappa shape index (κ3) is 4.70. The van der Waals surface area contributed by atoms with Crippen LogP contribution in [0.4, 0.5) is 5.69 Å². The number of sulfonamides is 1. The van der Waals surface area contributed by atoms with Gasteiger partial charge in [-0.05, 0) is 29.6 Å². The number of thiophene rings is 1. The first-order valence-corrected chi connectivity index (χ1v) is 10.2. The number of carbonyl (C=O) groups is 1. The molecule has 2 aromatic heterocycles. The fourth-order valence-corrected chi connectivity index (χ4v) is 3.66. The van der Waals surface area contributed by atoms with Crippen molar-refractivity contribution in [3.63, 3.8) is 0 Å². The number of aryl methyl sites for hydroxylation is 1. The van der Waals surface area contributed by atoms with Gasteiger partial charge in [-0.2, -0.15) is 4.98 Å². The highest BCUT2D eigenvalue weighted by atomic mass is 32.2. The van der Waals surface area contributed by atoms with Crippen molar-refractivity contribution in [1.82, 2.24) is 10.1 Å². The molecule has 27 heavy (non-hydrogen) atoms. The van der Waals surface area contributed by atoms with Crippen molar-refractivity contribution >= 4 is 33.0 Å². The maximum absolute atomic E-state index is 12.1. The molecule has 3 rings (SSSR count). The van der Waals surface area contributed by atoms with E-state index in [9.17, 15) is 13.2 Å². The molecule has 142 valence electrons. The number of aromatic nitrogens is 2. The van der Waals surface area contributed by atoms with E-state index in [1.165, 1.54) is 36.6 Å². The largest absolute Gasteiger partial charge is 0.495 e. The number of rotatable bonds is 7. The maximum atomic E-state index is 12.1. The van der Waals surface area contributed by atoms with E-state index in [2.05, 4.69) is 15.5 Å². The minimum absolute atomic E-state index is 0.0861. The number of nitrogens with two attached hydrogens (primary N) is 1. The van der Waals surface area contributed by atoms with Crippen LogP contribution in [0.25, 0.3) is 10.7 Å². The highest BCUT2D eigenvalue weighted by Crippen LogP contribution is 2.26. The van der Waals surface area contributed by atoms with E-state index in [4.69, 9.17) is 14.4 Å². The molecule has 0 aliphatic heterocycles. The van der Waals surface area contributed by atoms with Gasteiger partial charge in [-0.1, -0.05) is 11.2 Å². The average Bonchev–Trinajstić information content (AvgIpc) is 3.30. The van der Waals surface area contributed by atoms with Gasteiger partial charge in [-0.3, -0.25) is 4.79 Å². The van der Waals surface area contributed by atoms with Crippen LogP contribution in [0.5, 0.6) is 5.75 Å². The predicted octanol–water partition coefficient (Wildman–Crippen LogP) is 2.03. The molecule has 0 saturated carbocycles. The molecule has 0 spiro atoms. The van der Waals surface area contributed by atoms with Crippen molar-refractivity contribution in [2.45, 2.75) is 17.7 Å². The van der Waals surface area contributed by atoms with E-state index in [0.717, 1.165) is 4.88 Å². The molecule has 3 N–H and O–H groups in total. The fraction of sp³-hybridized carbons (Fsp3) is 0.188. The van der Waals surface area contributed by atoms with Crippen LogP contribution in [-0.4, -0.2) is 31.6 Å². The van der Waals surface area contributed by atoms with E-state index >= 15 is 0 Å². The molecule has 0 unspecified atom stereocenters. The molecule has 9 nitrogen and oxygen atoms in total. The minimum atomic E-state index is -3.99. The van der Waals surface area contributed by atoms with E-state index in [0.29, 0.717) is 11.7 Å². The number of primary sulfonamides is 1. The lowest BCUT2D eigenvalue weighted by Crippen LogP contribution is -2.16. The summed E-state index contributed by atoms with van der Waals surface area (Å²) in [6, 6.07) is 7.94. The first-order chi connectivity index (χ1) is 12.9. The number of amides is 1. The number of nitrogens with zero attached hydrogens (tertiary/aromatic N) is 2. The normalized spacial score (nSPS) is 11.3. The van der Waals surface area contributed by atoms with Crippen LogP contribution in [0.3, 0.4) is 0 Å². The number of nitrogens with one attached hydrogen (secondary N) is 1. The van der Waals surface area contributed by atoms with Crippen molar-refractivity contribution < 1.29 is 22.5 Å². The number of carbonyl (C=O) groups excluding carboxylic acids is 1. The van der Waals surface area contributed by atoms with E-state index < -0.39 is 10.0 Å². The van der Waals surface area contributed by atoms with Crippen LogP contribution in [-0.2, 0) is 21.2 Å². The Labute approximate surface area is 159 Å². The quantitative estimate of drug-likeness (QED) is 0.610. The first-order valence-electron chi connectivity index (χ1n) is 7.74. The van der Waals surface area contributed by atoms with Gasteiger partial charge < -0.3 is 14.6 Å². The third-order valence-corrected chi connectivity index (χ3v) is 5.33. The lowest BCUT2D eigenvalue weighted by Gasteiger charge is -2.10. The molecular formula is C16H16N4O5S2. The van der Waals surface area contributed by atoms with Gasteiger partial charge in [-0.25, -0.2) is 13.6 Å². The Morgan fingerprint density at radius 3 is 2.85 bits per heavy atom. The van der Waals surface area contributed by atoms with Gasteiger partial charge in [0.1, 0.15) is 10.6 Å². The zero-order valence-electron chi connectivity index (χ0n) is 14.2. The van der Waals surface area contributed by atoms with Crippen LogP contribution in [0, 0.1) is 0 Å². The van der Waals surface area contributed by atoms with Gasteiger partial charge in [-0.15, -0.1) is 11.3 Å². The lowest BCUT2D eigenvalue weighted by atomic mass is 10.2. The van der Waals surface area contributed by atoms with Crippen LogP contribution >= 0.6 is 11.3 Å². The monoisotopic (exact) mass is 408 g/mol. The van der Waals surface area contributed by atoms with Crippen molar-refractivity contribution in [1.29, 1.82) is 0 Å². The zero-order chi connectivity index (χ0) is 19.4. The second-order valence-electron chi connectivity index (χ2n) is 5.45. The molecule has 0 aliphatic carbocycles. The molecule has 3 aromatic rings. The number of anilines is 1. The lowest BCUT2D eigenvalue weighted by molar-refractivity contribution is -0.116. The summed E-state index contributed by atoms with van der Waals surface area (Å²) in [7, 11) is -2.66. The van der Waals surface area contributed by atoms with Gasteiger partial charge in [0.15, 0.2) is 0 Å². The summed E-state index contributed by atoms with van der Waals surface area (Å²) >= 11 is 1.49. The van der Waals surface area contributed by atoms with Crippen molar-refractivity contribution in [3.05, 3.63) is 41.6 Å². The molecule has 0 fully saturated rings. The Bertz CT molecular complexity index is 1040. The van der Waals surface area contributed by atoms with Crippen LogP contribution in [0.2, 0.25) is 0 Å². The fourth-order valence-electron chi connectivity index (χ4n) is 2.28. The van der Waals surface area contributed by atoms with Crippen molar-refractivity contribution in [2.24, 2.45) is 5.14 Å². The van der Waals surface area contributed by atoms with E-state index in [1.807, 2.05) is 17.5 Å². The van der Waals surface area contributed by atoms with Gasteiger partial charge in [0.25, 0.3) is 0 Å². The van der Waals surface area contributed by atoms with E-state index in [1.54, 1.807) is 0 Å². The van der Waals surface area contributed by atoms with Crippen LogP contribution in [0.1, 0.15) is 12.3 Å². The number of methoxy groups -OCH3 is 1. The standard InChI is InChI=1S/C16H16N4O5S2/c1-24-11-5-4-10(9-13(11)27(17,22)23)18-14(21)6-7-15-19-16(20-25-15)12-3-2-8-26-12/h2-5,8-9H,6-7H2,1H3,(H,18,21)(H2,17,22,23). The summed E-state index contributed by atoms with van der Waals surface area (Å²) in [5.41, 5.74) is 0.287. The zero-order valence-corrected chi connectivity index (χ0v) is 15.8. The highest BCUT2D eigenvalue weighted by Gasteiger charge is 2.17. The Morgan fingerprint density at radius 2 is 2.19 bits per heavy atom. The van der Waals surface area contributed by atoms with Crippen molar-refractivity contribution in [2.75, 3.05) is 12.4 Å². The topological polar surface area (TPSA) is 137 Å². The summed E-state index contributed by atoms with van der Waals surface area (Å²) in [5, 5.41) is 13.6. The molecule has 0 aliphatic rings. The molecular weight excluding hydrogens is 392 g/mol. The Balaban J connectivity index is 1.63. The van der Waals surface area contributed by atoms with E-state index in [-0.39, 0.29) is 35.1 Å². The summed E-state index contributed by atoms with van der Waals surface area (Å²) in [5.74, 6) is 0.584. The Hall–Kier alpha value is -2.76. The highest BCUT2D eigenvalue weighted by molar-refractivity contribution is 7.89.